The van der Waals surface area contributed by atoms with Gasteiger partial charge in [0.25, 0.3) is 11.8 Å². The Balaban J connectivity index is 1.44. The molecule has 2 amide bonds. The lowest BCUT2D eigenvalue weighted by molar-refractivity contribution is -0.124. The van der Waals surface area contributed by atoms with Gasteiger partial charge in [0.05, 0.1) is 12.2 Å². The molecule has 6 nitrogen and oxygen atoms in total. The van der Waals surface area contributed by atoms with Gasteiger partial charge in [-0.25, -0.2) is 4.98 Å². The number of amides is 2. The van der Waals surface area contributed by atoms with Crippen LogP contribution in [-0.4, -0.2) is 41.0 Å². The minimum Gasteiger partial charge on any atom is -0.368 e. The average Bonchev–Trinajstić information content (AvgIpc) is 3.29. The smallest absolute Gasteiger partial charge is 0.255 e. The standard InChI is InChI=1S/C18H18BrN3O3S/c19-12-4-1-3-11(9-12)17(24)22-7-6-13-15(10-22)26-18(20-13)21-16(23)14-5-2-8-25-14/h1,3-4,9,14H,2,5-8,10H2,(H,20,21,23). The monoisotopic (exact) mass is 435 g/mol. The summed E-state index contributed by atoms with van der Waals surface area (Å²) in [5.41, 5.74) is 1.63. The lowest BCUT2D eigenvalue weighted by Gasteiger charge is -2.26. The summed E-state index contributed by atoms with van der Waals surface area (Å²) in [4.78, 5) is 32.3. The predicted octanol–water partition coefficient (Wildman–Crippen LogP) is 3.22. The van der Waals surface area contributed by atoms with E-state index < -0.39 is 0 Å². The molecule has 1 aromatic carbocycles. The summed E-state index contributed by atoms with van der Waals surface area (Å²) in [5.74, 6) is -0.119. The van der Waals surface area contributed by atoms with Gasteiger partial charge in [0, 0.05) is 34.5 Å². The topological polar surface area (TPSA) is 71.5 Å². The van der Waals surface area contributed by atoms with Crippen LogP contribution in [0.15, 0.2) is 28.7 Å². The van der Waals surface area contributed by atoms with Gasteiger partial charge in [0.2, 0.25) is 0 Å². The Labute approximate surface area is 163 Å². The lowest BCUT2D eigenvalue weighted by atomic mass is 10.1. The van der Waals surface area contributed by atoms with Crippen LogP contribution in [0.3, 0.4) is 0 Å². The average molecular weight is 436 g/mol. The van der Waals surface area contributed by atoms with Gasteiger partial charge >= 0.3 is 0 Å². The van der Waals surface area contributed by atoms with E-state index in [9.17, 15) is 9.59 Å². The molecule has 2 aliphatic heterocycles. The fraction of sp³-hybridized carbons (Fsp3) is 0.389. The SMILES string of the molecule is O=C(Nc1nc2c(s1)CN(C(=O)c1cccc(Br)c1)CC2)C1CCCO1. The van der Waals surface area contributed by atoms with E-state index in [1.54, 1.807) is 0 Å². The highest BCUT2D eigenvalue weighted by Gasteiger charge is 2.27. The molecule has 0 radical (unpaired) electrons. The van der Waals surface area contributed by atoms with Gasteiger partial charge in [0.15, 0.2) is 5.13 Å². The van der Waals surface area contributed by atoms with Gasteiger partial charge in [-0.3, -0.25) is 14.9 Å². The Morgan fingerprint density at radius 3 is 3.04 bits per heavy atom. The molecule has 0 aliphatic carbocycles. The summed E-state index contributed by atoms with van der Waals surface area (Å²) in [6, 6.07) is 7.41. The first kappa shape index (κ1) is 17.6. The molecule has 1 atom stereocenters. The van der Waals surface area contributed by atoms with Crippen molar-refractivity contribution < 1.29 is 14.3 Å². The molecule has 1 N–H and O–H groups in total. The number of ether oxygens (including phenoxy) is 1. The molecule has 26 heavy (non-hydrogen) atoms. The van der Waals surface area contributed by atoms with Crippen LogP contribution in [0.25, 0.3) is 0 Å². The normalized spacial score (nSPS) is 19.3. The number of anilines is 1. The second-order valence-corrected chi connectivity index (χ2v) is 8.37. The number of aromatic nitrogens is 1. The molecule has 8 heteroatoms. The summed E-state index contributed by atoms with van der Waals surface area (Å²) < 4.78 is 6.29. The van der Waals surface area contributed by atoms with Crippen molar-refractivity contribution in [2.45, 2.75) is 31.9 Å². The van der Waals surface area contributed by atoms with Crippen molar-refractivity contribution in [1.29, 1.82) is 0 Å². The molecule has 136 valence electrons. The molecule has 1 unspecified atom stereocenters. The van der Waals surface area contributed by atoms with Crippen LogP contribution in [0.2, 0.25) is 0 Å². The van der Waals surface area contributed by atoms with Crippen molar-refractivity contribution in [3.05, 3.63) is 44.9 Å². The van der Waals surface area contributed by atoms with E-state index in [0.717, 1.165) is 27.9 Å². The fourth-order valence-electron chi connectivity index (χ4n) is 3.20. The lowest BCUT2D eigenvalue weighted by Crippen LogP contribution is -2.35. The Kier molecular flexibility index (Phi) is 5.06. The molecule has 0 saturated carbocycles. The van der Waals surface area contributed by atoms with Crippen molar-refractivity contribution in [1.82, 2.24) is 9.88 Å². The van der Waals surface area contributed by atoms with E-state index in [-0.39, 0.29) is 17.9 Å². The zero-order valence-corrected chi connectivity index (χ0v) is 16.4. The van der Waals surface area contributed by atoms with Crippen LogP contribution in [0.5, 0.6) is 0 Å². The number of thiazole rings is 1. The van der Waals surface area contributed by atoms with Crippen LogP contribution in [0, 0.1) is 0 Å². The van der Waals surface area contributed by atoms with Crippen molar-refractivity contribution >= 4 is 44.2 Å². The second-order valence-electron chi connectivity index (χ2n) is 6.37. The van der Waals surface area contributed by atoms with Gasteiger partial charge in [-0.1, -0.05) is 33.3 Å². The molecule has 4 rings (SSSR count). The maximum Gasteiger partial charge on any atom is 0.255 e. The number of fused-ring (bicyclic) bond motifs is 1. The predicted molar refractivity (Wildman–Crippen MR) is 102 cm³/mol. The zero-order chi connectivity index (χ0) is 18.1. The van der Waals surface area contributed by atoms with Crippen LogP contribution in [0.1, 0.15) is 33.8 Å². The van der Waals surface area contributed by atoms with Gasteiger partial charge in [-0.15, -0.1) is 0 Å². The molecular weight excluding hydrogens is 418 g/mol. The van der Waals surface area contributed by atoms with E-state index in [0.29, 0.717) is 36.8 Å². The van der Waals surface area contributed by atoms with Crippen molar-refractivity contribution in [3.8, 4) is 0 Å². The number of carbonyl (C=O) groups is 2. The zero-order valence-electron chi connectivity index (χ0n) is 14.0. The third-order valence-electron chi connectivity index (χ3n) is 4.54. The van der Waals surface area contributed by atoms with E-state index in [4.69, 9.17) is 4.74 Å². The molecule has 2 aliphatic rings. The number of nitrogens with one attached hydrogen (secondary N) is 1. The van der Waals surface area contributed by atoms with Crippen LogP contribution in [0.4, 0.5) is 5.13 Å². The van der Waals surface area contributed by atoms with Gasteiger partial charge in [0.1, 0.15) is 6.10 Å². The van der Waals surface area contributed by atoms with Crippen LogP contribution in [-0.2, 0) is 22.5 Å². The second kappa shape index (κ2) is 7.46. The summed E-state index contributed by atoms with van der Waals surface area (Å²) in [7, 11) is 0. The number of halogens is 1. The molecular formula is C18H18BrN3O3S. The molecule has 3 heterocycles. The van der Waals surface area contributed by atoms with Gasteiger partial charge in [-0.2, -0.15) is 0 Å². The summed E-state index contributed by atoms with van der Waals surface area (Å²) >= 11 is 4.85. The number of carbonyl (C=O) groups excluding carboxylic acids is 2. The minimum absolute atomic E-state index is 0.00953. The summed E-state index contributed by atoms with van der Waals surface area (Å²) in [5, 5.41) is 3.45. The first-order valence-electron chi connectivity index (χ1n) is 8.56. The van der Waals surface area contributed by atoms with Crippen molar-refractivity contribution in [2.75, 3.05) is 18.5 Å². The highest BCUT2D eigenvalue weighted by atomic mass is 79.9. The van der Waals surface area contributed by atoms with E-state index in [1.807, 2.05) is 29.2 Å². The molecule has 0 spiro atoms. The van der Waals surface area contributed by atoms with E-state index >= 15 is 0 Å². The number of nitrogens with zero attached hydrogens (tertiary/aromatic N) is 2. The van der Waals surface area contributed by atoms with Gasteiger partial charge in [-0.05, 0) is 31.0 Å². The Morgan fingerprint density at radius 1 is 1.38 bits per heavy atom. The minimum atomic E-state index is -0.370. The first-order chi connectivity index (χ1) is 12.6. The largest absolute Gasteiger partial charge is 0.368 e. The summed E-state index contributed by atoms with van der Waals surface area (Å²) in [6.07, 6.45) is 2.00. The number of rotatable bonds is 3. The molecule has 1 aromatic heterocycles. The maximum absolute atomic E-state index is 12.7. The first-order valence-corrected chi connectivity index (χ1v) is 10.2. The van der Waals surface area contributed by atoms with E-state index in [1.165, 1.54) is 11.3 Å². The third-order valence-corrected chi connectivity index (χ3v) is 6.03. The summed E-state index contributed by atoms with van der Waals surface area (Å²) in [6.45, 7) is 1.79. The Morgan fingerprint density at radius 2 is 2.27 bits per heavy atom. The van der Waals surface area contributed by atoms with Gasteiger partial charge < -0.3 is 9.64 Å². The van der Waals surface area contributed by atoms with E-state index in [2.05, 4.69) is 26.2 Å². The molecule has 1 fully saturated rings. The fourth-order valence-corrected chi connectivity index (χ4v) is 4.62. The van der Waals surface area contributed by atoms with Crippen LogP contribution < -0.4 is 5.32 Å². The Bertz CT molecular complexity index is 848. The van der Waals surface area contributed by atoms with Crippen molar-refractivity contribution in [3.63, 3.8) is 0 Å². The molecule has 1 saturated heterocycles. The molecule has 0 bridgehead atoms. The highest BCUT2D eigenvalue weighted by molar-refractivity contribution is 9.10. The van der Waals surface area contributed by atoms with Crippen molar-refractivity contribution in [2.24, 2.45) is 0 Å². The number of benzene rings is 1. The number of hydrogen-bond acceptors (Lipinski definition) is 5. The number of hydrogen-bond donors (Lipinski definition) is 1. The van der Waals surface area contributed by atoms with Crippen LogP contribution >= 0.6 is 27.3 Å². The maximum atomic E-state index is 12.7. The Hall–Kier alpha value is -1.77. The highest BCUT2D eigenvalue weighted by Crippen LogP contribution is 2.29. The quantitative estimate of drug-likeness (QED) is 0.802. The third kappa shape index (κ3) is 3.67. The molecule has 2 aromatic rings.